The topological polar surface area (TPSA) is 81.6 Å². The molecule has 1 aliphatic heterocycles. The van der Waals surface area contributed by atoms with Crippen molar-refractivity contribution in [2.45, 2.75) is 32.2 Å². The maximum atomic E-state index is 12.5. The zero-order valence-corrected chi connectivity index (χ0v) is 12.7. The Labute approximate surface area is 128 Å². The fraction of sp³-hybridized carbons (Fsp3) is 0.533. The van der Waals surface area contributed by atoms with Gasteiger partial charge in [-0.2, -0.15) is 0 Å². The SMILES string of the molecule is CC(C)c1nnc(C2COCCN2C(=O)Cc2ccoc2)o1. The fourth-order valence-electron chi connectivity index (χ4n) is 2.39. The van der Waals surface area contributed by atoms with E-state index in [2.05, 4.69) is 10.2 Å². The molecule has 0 N–H and O–H groups in total. The molecule has 0 bridgehead atoms. The van der Waals surface area contributed by atoms with Gasteiger partial charge in [0.25, 0.3) is 0 Å². The first-order valence-electron chi connectivity index (χ1n) is 7.36. The van der Waals surface area contributed by atoms with E-state index in [1.807, 2.05) is 13.8 Å². The summed E-state index contributed by atoms with van der Waals surface area (Å²) in [6.07, 6.45) is 3.43. The number of rotatable bonds is 4. The van der Waals surface area contributed by atoms with Crippen LogP contribution in [0.1, 0.15) is 43.2 Å². The summed E-state index contributed by atoms with van der Waals surface area (Å²) in [7, 11) is 0. The summed E-state index contributed by atoms with van der Waals surface area (Å²) in [6, 6.07) is 1.46. The number of hydrogen-bond donors (Lipinski definition) is 0. The normalized spacial score (nSPS) is 18.9. The van der Waals surface area contributed by atoms with Crippen molar-refractivity contribution in [3.8, 4) is 0 Å². The molecule has 1 fully saturated rings. The Kier molecular flexibility index (Phi) is 4.24. The molecule has 0 radical (unpaired) electrons. The number of carbonyl (C=O) groups is 1. The third-order valence-corrected chi connectivity index (χ3v) is 3.62. The first-order valence-corrected chi connectivity index (χ1v) is 7.36. The Bertz CT molecular complexity index is 621. The minimum atomic E-state index is -0.326. The van der Waals surface area contributed by atoms with Gasteiger partial charge < -0.3 is 18.5 Å². The summed E-state index contributed by atoms with van der Waals surface area (Å²) in [5.41, 5.74) is 0.851. The van der Waals surface area contributed by atoms with Crippen LogP contribution in [0, 0.1) is 0 Å². The van der Waals surface area contributed by atoms with Crippen molar-refractivity contribution in [2.75, 3.05) is 19.8 Å². The van der Waals surface area contributed by atoms with Crippen LogP contribution in [0.25, 0.3) is 0 Å². The van der Waals surface area contributed by atoms with Gasteiger partial charge in [0.05, 0.1) is 32.2 Å². The largest absolute Gasteiger partial charge is 0.472 e. The highest BCUT2D eigenvalue weighted by Crippen LogP contribution is 2.25. The molecule has 7 nitrogen and oxygen atoms in total. The molecule has 0 saturated carbocycles. The maximum Gasteiger partial charge on any atom is 0.241 e. The van der Waals surface area contributed by atoms with E-state index in [1.54, 1.807) is 23.5 Å². The maximum absolute atomic E-state index is 12.5. The second-order valence-electron chi connectivity index (χ2n) is 5.62. The van der Waals surface area contributed by atoms with Crippen LogP contribution in [0.4, 0.5) is 0 Å². The Morgan fingerprint density at radius 1 is 1.45 bits per heavy atom. The molecule has 1 unspecified atom stereocenters. The third-order valence-electron chi connectivity index (χ3n) is 3.62. The molecular formula is C15H19N3O4. The molecule has 1 atom stereocenters. The van der Waals surface area contributed by atoms with Gasteiger partial charge in [0, 0.05) is 12.5 Å². The quantitative estimate of drug-likeness (QED) is 0.858. The van der Waals surface area contributed by atoms with Crippen molar-refractivity contribution in [3.63, 3.8) is 0 Å². The van der Waals surface area contributed by atoms with Crippen molar-refractivity contribution in [2.24, 2.45) is 0 Å². The van der Waals surface area contributed by atoms with Gasteiger partial charge in [0.1, 0.15) is 6.04 Å². The van der Waals surface area contributed by atoms with Gasteiger partial charge in [0.15, 0.2) is 0 Å². The summed E-state index contributed by atoms with van der Waals surface area (Å²) in [4.78, 5) is 14.3. The molecule has 3 rings (SSSR count). The van der Waals surface area contributed by atoms with Crippen molar-refractivity contribution >= 4 is 5.91 Å². The highest BCUT2D eigenvalue weighted by atomic mass is 16.5. The van der Waals surface area contributed by atoms with Crippen LogP contribution in [-0.2, 0) is 16.0 Å². The summed E-state index contributed by atoms with van der Waals surface area (Å²) >= 11 is 0. The predicted molar refractivity (Wildman–Crippen MR) is 76.1 cm³/mol. The summed E-state index contributed by atoms with van der Waals surface area (Å²) in [5, 5.41) is 8.12. The van der Waals surface area contributed by atoms with Crippen molar-refractivity contribution < 1.29 is 18.4 Å². The summed E-state index contributed by atoms with van der Waals surface area (Å²) in [5.74, 6) is 1.16. The van der Waals surface area contributed by atoms with Crippen LogP contribution < -0.4 is 0 Å². The molecule has 0 spiro atoms. The molecule has 7 heteroatoms. The molecule has 1 amide bonds. The van der Waals surface area contributed by atoms with Gasteiger partial charge in [-0.15, -0.1) is 10.2 Å². The van der Waals surface area contributed by atoms with Crippen LogP contribution >= 0.6 is 0 Å². The number of ether oxygens (including phenoxy) is 1. The zero-order chi connectivity index (χ0) is 15.5. The molecule has 2 aromatic rings. The standard InChI is InChI=1S/C15H19N3O4/c1-10(2)14-16-17-15(22-14)12-9-21-6-4-18(12)13(19)7-11-3-5-20-8-11/h3,5,8,10,12H,4,6-7,9H2,1-2H3. The van der Waals surface area contributed by atoms with Crippen molar-refractivity contribution in [1.29, 1.82) is 0 Å². The van der Waals surface area contributed by atoms with Crippen molar-refractivity contribution in [3.05, 3.63) is 35.9 Å². The zero-order valence-electron chi connectivity index (χ0n) is 12.7. The Morgan fingerprint density at radius 3 is 3.00 bits per heavy atom. The lowest BCUT2D eigenvalue weighted by Gasteiger charge is -2.33. The Balaban J connectivity index is 1.76. The second kappa shape index (κ2) is 6.31. The number of hydrogen-bond acceptors (Lipinski definition) is 6. The first-order chi connectivity index (χ1) is 10.6. The third kappa shape index (κ3) is 3.04. The highest BCUT2D eigenvalue weighted by Gasteiger charge is 2.32. The molecule has 118 valence electrons. The van der Waals surface area contributed by atoms with Crippen LogP contribution in [0.5, 0.6) is 0 Å². The molecular weight excluding hydrogens is 286 g/mol. The van der Waals surface area contributed by atoms with E-state index in [-0.39, 0.29) is 24.3 Å². The minimum absolute atomic E-state index is 0.000929. The number of furan rings is 1. The monoisotopic (exact) mass is 305 g/mol. The minimum Gasteiger partial charge on any atom is -0.472 e. The second-order valence-corrected chi connectivity index (χ2v) is 5.62. The predicted octanol–water partition coefficient (Wildman–Crippen LogP) is 1.93. The van der Waals surface area contributed by atoms with Crippen LogP contribution in [0.3, 0.4) is 0 Å². The number of nitrogens with zero attached hydrogens (tertiary/aromatic N) is 3. The fourth-order valence-corrected chi connectivity index (χ4v) is 2.39. The lowest BCUT2D eigenvalue weighted by molar-refractivity contribution is -0.140. The molecule has 1 aliphatic rings. The molecule has 0 aromatic carbocycles. The van der Waals surface area contributed by atoms with Crippen LogP contribution in [-0.4, -0.2) is 40.8 Å². The highest BCUT2D eigenvalue weighted by molar-refractivity contribution is 5.79. The van der Waals surface area contributed by atoms with E-state index in [1.165, 1.54) is 0 Å². The van der Waals surface area contributed by atoms with Gasteiger partial charge in [-0.05, 0) is 11.6 Å². The number of amides is 1. The van der Waals surface area contributed by atoms with Gasteiger partial charge in [0.2, 0.25) is 17.7 Å². The lowest BCUT2D eigenvalue weighted by atomic mass is 10.1. The van der Waals surface area contributed by atoms with Gasteiger partial charge in [-0.1, -0.05) is 13.8 Å². The van der Waals surface area contributed by atoms with E-state index in [9.17, 15) is 4.79 Å². The molecule has 3 heterocycles. The molecule has 22 heavy (non-hydrogen) atoms. The van der Waals surface area contributed by atoms with Crippen molar-refractivity contribution in [1.82, 2.24) is 15.1 Å². The smallest absolute Gasteiger partial charge is 0.241 e. The van der Waals surface area contributed by atoms with Gasteiger partial charge in [-0.3, -0.25) is 4.79 Å². The van der Waals surface area contributed by atoms with E-state index in [0.717, 1.165) is 5.56 Å². The number of aromatic nitrogens is 2. The summed E-state index contributed by atoms with van der Waals surface area (Å²) < 4.78 is 16.2. The number of morpholine rings is 1. The van der Waals surface area contributed by atoms with E-state index >= 15 is 0 Å². The number of carbonyl (C=O) groups excluding carboxylic acids is 1. The van der Waals surface area contributed by atoms with E-state index in [4.69, 9.17) is 13.6 Å². The first kappa shape index (κ1) is 14.8. The van der Waals surface area contributed by atoms with Crippen LogP contribution in [0.15, 0.2) is 27.4 Å². The van der Waals surface area contributed by atoms with Gasteiger partial charge >= 0.3 is 0 Å². The molecule has 0 aliphatic carbocycles. The molecule has 2 aromatic heterocycles. The Hall–Kier alpha value is -2.15. The average Bonchev–Trinajstić information content (AvgIpc) is 3.18. The van der Waals surface area contributed by atoms with Crippen LogP contribution in [0.2, 0.25) is 0 Å². The Morgan fingerprint density at radius 2 is 2.32 bits per heavy atom. The van der Waals surface area contributed by atoms with Gasteiger partial charge in [-0.25, -0.2) is 0 Å². The lowest BCUT2D eigenvalue weighted by Crippen LogP contribution is -2.44. The average molecular weight is 305 g/mol. The summed E-state index contributed by atoms with van der Waals surface area (Å²) in [6.45, 7) is 5.36. The molecule has 1 saturated heterocycles. The van der Waals surface area contributed by atoms with E-state index < -0.39 is 0 Å². The van der Waals surface area contributed by atoms with E-state index in [0.29, 0.717) is 31.5 Å².